The number of aromatic nitrogens is 2. The summed E-state index contributed by atoms with van der Waals surface area (Å²) in [6.45, 7) is 0. The molecule has 0 aliphatic carbocycles. The van der Waals surface area contributed by atoms with Crippen LogP contribution in [0.15, 0.2) is 30.5 Å². The van der Waals surface area contributed by atoms with E-state index in [1.807, 2.05) is 0 Å². The highest BCUT2D eigenvalue weighted by Crippen LogP contribution is 2.35. The molecule has 6 nitrogen and oxygen atoms in total. The fourth-order valence-electron chi connectivity index (χ4n) is 1.88. The molecule has 0 bridgehead atoms. The van der Waals surface area contributed by atoms with Crippen LogP contribution in [0.1, 0.15) is 15.9 Å². The number of hydroxylamine groups is 2. The fourth-order valence-corrected chi connectivity index (χ4v) is 1.88. The van der Waals surface area contributed by atoms with Crippen LogP contribution in [0.25, 0.3) is 11.4 Å². The van der Waals surface area contributed by atoms with E-state index in [-0.39, 0.29) is 22.8 Å². The summed E-state index contributed by atoms with van der Waals surface area (Å²) in [4.78, 5) is 24.3. The molecule has 2 aromatic rings. The third-order valence-electron chi connectivity index (χ3n) is 3.07. The van der Waals surface area contributed by atoms with Gasteiger partial charge in [-0.1, -0.05) is 0 Å². The van der Waals surface area contributed by atoms with Crippen LogP contribution in [0.2, 0.25) is 0 Å². The molecule has 9 heteroatoms. The molecule has 0 aliphatic heterocycles. The third kappa shape index (κ3) is 3.39. The fraction of sp³-hybridized carbons (Fsp3) is 0.214. The minimum atomic E-state index is -4.58. The maximum atomic E-state index is 13.0. The van der Waals surface area contributed by atoms with Gasteiger partial charge < -0.3 is 5.73 Å². The van der Waals surface area contributed by atoms with Gasteiger partial charge in [-0.25, -0.2) is 10.0 Å². The maximum absolute atomic E-state index is 13.0. The number of hydrogen-bond donors (Lipinski definition) is 1. The van der Waals surface area contributed by atoms with E-state index in [0.717, 1.165) is 11.1 Å². The Bertz CT molecular complexity index is 734. The molecule has 0 spiro atoms. The van der Waals surface area contributed by atoms with Gasteiger partial charge in [-0.2, -0.15) is 13.2 Å². The molecule has 0 fully saturated rings. The highest BCUT2D eigenvalue weighted by atomic mass is 19.4. The molecule has 0 radical (unpaired) electrons. The van der Waals surface area contributed by atoms with Crippen molar-refractivity contribution in [2.24, 2.45) is 0 Å². The Morgan fingerprint density at radius 1 is 1.30 bits per heavy atom. The molecular weight excluding hydrogens is 313 g/mol. The second-order valence-corrected chi connectivity index (χ2v) is 4.51. The van der Waals surface area contributed by atoms with Crippen molar-refractivity contribution in [3.63, 3.8) is 0 Å². The summed E-state index contributed by atoms with van der Waals surface area (Å²) < 4.78 is 39.1. The zero-order valence-electron chi connectivity index (χ0n) is 12.3. The first kappa shape index (κ1) is 16.7. The molecule has 0 aliphatic rings. The lowest BCUT2D eigenvalue weighted by Crippen LogP contribution is -2.26. The molecule has 1 amide bonds. The summed E-state index contributed by atoms with van der Waals surface area (Å²) in [6.07, 6.45) is -3.36. The van der Waals surface area contributed by atoms with Gasteiger partial charge in [-0.05, 0) is 24.3 Å². The summed E-state index contributed by atoms with van der Waals surface area (Å²) in [5.74, 6) is -0.781. The van der Waals surface area contributed by atoms with Crippen molar-refractivity contribution in [1.82, 2.24) is 15.0 Å². The van der Waals surface area contributed by atoms with Crippen LogP contribution in [-0.2, 0) is 11.0 Å². The molecule has 0 unspecified atom stereocenters. The Morgan fingerprint density at radius 2 is 2.00 bits per heavy atom. The van der Waals surface area contributed by atoms with Gasteiger partial charge in [0.15, 0.2) is 0 Å². The molecule has 23 heavy (non-hydrogen) atoms. The second kappa shape index (κ2) is 6.21. The molecule has 0 atom stereocenters. The number of pyridine rings is 2. The van der Waals surface area contributed by atoms with Gasteiger partial charge in [-0.3, -0.25) is 14.6 Å². The van der Waals surface area contributed by atoms with Crippen molar-refractivity contribution < 1.29 is 22.8 Å². The number of nitrogen functional groups attached to an aromatic ring is 1. The summed E-state index contributed by atoms with van der Waals surface area (Å²) in [7, 11) is 2.66. The van der Waals surface area contributed by atoms with E-state index in [1.54, 1.807) is 0 Å². The number of nitrogens with zero attached hydrogens (tertiary/aromatic N) is 3. The number of halogens is 3. The van der Waals surface area contributed by atoms with Crippen molar-refractivity contribution in [3.05, 3.63) is 41.6 Å². The number of rotatable bonds is 3. The number of carbonyl (C=O) groups is 1. The van der Waals surface area contributed by atoms with Crippen LogP contribution < -0.4 is 5.73 Å². The molecule has 2 heterocycles. The number of nitrogens with two attached hydrogens (primary N) is 1. The lowest BCUT2D eigenvalue weighted by Gasteiger charge is -2.15. The summed E-state index contributed by atoms with van der Waals surface area (Å²) in [5, 5.41) is 0.926. The molecule has 2 rings (SSSR count). The lowest BCUT2D eigenvalue weighted by molar-refractivity contribution is -0.137. The quantitative estimate of drug-likeness (QED) is 0.876. The summed E-state index contributed by atoms with van der Waals surface area (Å²) in [5.41, 5.74) is 4.34. The van der Waals surface area contributed by atoms with E-state index in [9.17, 15) is 18.0 Å². The van der Waals surface area contributed by atoms with Crippen molar-refractivity contribution in [2.75, 3.05) is 19.9 Å². The van der Waals surface area contributed by atoms with Gasteiger partial charge in [-0.15, -0.1) is 0 Å². The van der Waals surface area contributed by atoms with Crippen LogP contribution >= 0.6 is 0 Å². The molecule has 2 aromatic heterocycles. The Balaban J connectivity index is 2.49. The molecular formula is C14H13F3N4O2. The third-order valence-corrected chi connectivity index (χ3v) is 3.07. The normalized spacial score (nSPS) is 11.3. The van der Waals surface area contributed by atoms with E-state index in [4.69, 9.17) is 10.6 Å². The summed E-state index contributed by atoms with van der Waals surface area (Å²) >= 11 is 0. The van der Waals surface area contributed by atoms with Crippen molar-refractivity contribution in [3.8, 4) is 11.4 Å². The molecule has 122 valence electrons. The Kier molecular flexibility index (Phi) is 4.50. The van der Waals surface area contributed by atoms with Gasteiger partial charge in [0.05, 0.1) is 23.9 Å². The van der Waals surface area contributed by atoms with E-state index >= 15 is 0 Å². The number of anilines is 1. The van der Waals surface area contributed by atoms with Gasteiger partial charge >= 0.3 is 6.18 Å². The largest absolute Gasteiger partial charge is 0.418 e. The smallest absolute Gasteiger partial charge is 0.383 e. The standard InChI is InChI=1S/C14H13F3N4O2/c1-21(23-2)13(22)8-5-6-10(20-12(8)18)11-9(14(15,16)17)4-3-7-19-11/h3-7H,1-2H3,(H2,18,20). The van der Waals surface area contributed by atoms with Crippen LogP contribution in [0.4, 0.5) is 19.0 Å². The zero-order valence-corrected chi connectivity index (χ0v) is 12.3. The monoisotopic (exact) mass is 326 g/mol. The van der Waals surface area contributed by atoms with Crippen LogP contribution in [0.3, 0.4) is 0 Å². The van der Waals surface area contributed by atoms with Gasteiger partial charge in [0.25, 0.3) is 5.91 Å². The number of amides is 1. The van der Waals surface area contributed by atoms with E-state index in [0.29, 0.717) is 0 Å². The molecule has 2 N–H and O–H groups in total. The van der Waals surface area contributed by atoms with E-state index < -0.39 is 17.6 Å². The van der Waals surface area contributed by atoms with Gasteiger partial charge in [0.2, 0.25) is 0 Å². The number of hydrogen-bond acceptors (Lipinski definition) is 5. The van der Waals surface area contributed by atoms with Gasteiger partial charge in [0, 0.05) is 13.2 Å². The predicted molar refractivity (Wildman–Crippen MR) is 76.0 cm³/mol. The minimum absolute atomic E-state index is 0.0163. The van der Waals surface area contributed by atoms with Crippen molar-refractivity contribution in [1.29, 1.82) is 0 Å². The SMILES string of the molecule is CON(C)C(=O)c1ccc(-c2ncccc2C(F)(F)F)nc1N. The average Bonchev–Trinajstić information content (AvgIpc) is 2.52. The first-order valence-corrected chi connectivity index (χ1v) is 6.37. The molecule has 0 aromatic carbocycles. The number of alkyl halides is 3. The molecule has 0 saturated carbocycles. The van der Waals surface area contributed by atoms with Crippen LogP contribution in [-0.4, -0.2) is 35.1 Å². The highest BCUT2D eigenvalue weighted by molar-refractivity contribution is 5.98. The Labute approximate surface area is 129 Å². The minimum Gasteiger partial charge on any atom is -0.383 e. The first-order valence-electron chi connectivity index (χ1n) is 6.37. The lowest BCUT2D eigenvalue weighted by atomic mass is 10.1. The zero-order chi connectivity index (χ0) is 17.2. The van der Waals surface area contributed by atoms with Crippen molar-refractivity contribution >= 4 is 11.7 Å². The predicted octanol–water partition coefficient (Wildman–Crippen LogP) is 2.38. The summed E-state index contributed by atoms with van der Waals surface area (Å²) in [6, 6.07) is 4.62. The Hall–Kier alpha value is -2.68. The highest BCUT2D eigenvalue weighted by Gasteiger charge is 2.34. The molecule has 0 saturated heterocycles. The average molecular weight is 326 g/mol. The first-order chi connectivity index (χ1) is 10.8. The van der Waals surface area contributed by atoms with Crippen LogP contribution in [0.5, 0.6) is 0 Å². The van der Waals surface area contributed by atoms with Crippen molar-refractivity contribution in [2.45, 2.75) is 6.18 Å². The topological polar surface area (TPSA) is 81.3 Å². The number of carbonyl (C=O) groups excluding carboxylic acids is 1. The maximum Gasteiger partial charge on any atom is 0.418 e. The van der Waals surface area contributed by atoms with E-state index in [2.05, 4.69) is 9.97 Å². The van der Waals surface area contributed by atoms with E-state index in [1.165, 1.54) is 38.6 Å². The van der Waals surface area contributed by atoms with Crippen LogP contribution in [0, 0.1) is 0 Å². The Morgan fingerprint density at radius 3 is 2.57 bits per heavy atom. The second-order valence-electron chi connectivity index (χ2n) is 4.51. The van der Waals surface area contributed by atoms with Gasteiger partial charge in [0.1, 0.15) is 11.5 Å².